The first-order chi connectivity index (χ1) is 20.8. The van der Waals surface area contributed by atoms with Crippen LogP contribution in [0.25, 0.3) is 16.8 Å². The van der Waals surface area contributed by atoms with Crippen molar-refractivity contribution in [2.45, 2.75) is 52.0 Å². The van der Waals surface area contributed by atoms with Crippen molar-refractivity contribution in [1.29, 1.82) is 0 Å². The van der Waals surface area contributed by atoms with E-state index in [1.54, 1.807) is 4.57 Å². The lowest BCUT2D eigenvalue weighted by Gasteiger charge is -2.31. The van der Waals surface area contributed by atoms with Crippen molar-refractivity contribution in [3.8, 4) is 11.1 Å². The quantitative estimate of drug-likeness (QED) is 0.256. The molecule has 0 amide bonds. The summed E-state index contributed by atoms with van der Waals surface area (Å²) in [6.07, 6.45) is 8.61. The number of thiophene rings is 1. The molecule has 1 aliphatic carbocycles. The van der Waals surface area contributed by atoms with Gasteiger partial charge in [0.05, 0.1) is 16.3 Å². The van der Waals surface area contributed by atoms with E-state index in [0.29, 0.717) is 12.0 Å². The topological polar surface area (TPSA) is 66.3 Å². The van der Waals surface area contributed by atoms with Crippen LogP contribution in [0.4, 0.5) is 5.69 Å². The first-order valence-electron chi connectivity index (χ1n) is 15.4. The zero-order valence-electron chi connectivity index (χ0n) is 25.7. The highest BCUT2D eigenvalue weighted by atomic mass is 32.1. The number of aryl methyl sites for hydroxylation is 3. The molecule has 0 bridgehead atoms. The minimum absolute atomic E-state index is 0.00941. The normalized spacial score (nSPS) is 16.1. The fourth-order valence-electron chi connectivity index (χ4n) is 6.17. The fourth-order valence-corrected chi connectivity index (χ4v) is 7.35. The molecular formula is C35H42N6OS. The number of fused-ring (bicyclic) bond motifs is 1. The van der Waals surface area contributed by atoms with Gasteiger partial charge in [-0.15, -0.1) is 11.3 Å². The van der Waals surface area contributed by atoms with Crippen molar-refractivity contribution in [3.05, 3.63) is 103 Å². The largest absolute Gasteiger partial charge is 0.355 e. The molecule has 0 spiro atoms. The molecule has 43 heavy (non-hydrogen) atoms. The zero-order valence-corrected chi connectivity index (χ0v) is 26.5. The highest BCUT2D eigenvalue weighted by molar-refractivity contribution is 7.13. The van der Waals surface area contributed by atoms with Gasteiger partial charge >= 0.3 is 0 Å². The number of benzene rings is 1. The van der Waals surface area contributed by atoms with Gasteiger partial charge in [0.1, 0.15) is 0 Å². The lowest BCUT2D eigenvalue weighted by atomic mass is 9.98. The predicted molar refractivity (Wildman–Crippen MR) is 178 cm³/mol. The highest BCUT2D eigenvalue weighted by Gasteiger charge is 2.17. The molecule has 0 radical (unpaired) electrons. The van der Waals surface area contributed by atoms with Crippen LogP contribution in [-0.4, -0.2) is 57.8 Å². The second kappa shape index (κ2) is 13.0. The van der Waals surface area contributed by atoms with E-state index >= 15 is 0 Å². The van der Waals surface area contributed by atoms with Crippen molar-refractivity contribution in [3.63, 3.8) is 0 Å². The summed E-state index contributed by atoms with van der Waals surface area (Å²) in [5, 5.41) is 12.6. The number of nitrogens with zero attached hydrogens (tertiary/aromatic N) is 5. The average molecular weight is 595 g/mol. The Bertz CT molecular complexity index is 1640. The van der Waals surface area contributed by atoms with Crippen molar-refractivity contribution < 1.29 is 0 Å². The first-order valence-corrected chi connectivity index (χ1v) is 16.3. The molecule has 2 aliphatic rings. The van der Waals surface area contributed by atoms with Gasteiger partial charge < -0.3 is 14.8 Å². The summed E-state index contributed by atoms with van der Waals surface area (Å²) < 4.78 is 1.68. The van der Waals surface area contributed by atoms with Gasteiger partial charge in [-0.25, -0.2) is 0 Å². The minimum Gasteiger partial charge on any atom is -0.355 e. The van der Waals surface area contributed by atoms with Crippen molar-refractivity contribution in [2.24, 2.45) is 7.05 Å². The van der Waals surface area contributed by atoms with Gasteiger partial charge in [-0.2, -0.15) is 10.2 Å². The number of hydrogen-bond acceptors (Lipinski definition) is 7. The molecular weight excluding hydrogens is 552 g/mol. The Labute approximate surface area is 258 Å². The average Bonchev–Trinajstić information content (AvgIpc) is 3.29. The number of aromatic nitrogens is 3. The first kappa shape index (κ1) is 29.5. The number of pyridine rings is 1. The van der Waals surface area contributed by atoms with Crippen LogP contribution in [0.2, 0.25) is 0 Å². The molecule has 3 aromatic heterocycles. The van der Waals surface area contributed by atoms with Crippen molar-refractivity contribution >= 4 is 22.7 Å². The number of anilines is 1. The summed E-state index contributed by atoms with van der Waals surface area (Å²) in [5.41, 5.74) is 9.16. The monoisotopic (exact) mass is 594 g/mol. The van der Waals surface area contributed by atoms with Crippen molar-refractivity contribution in [2.75, 3.05) is 38.5 Å². The predicted octanol–water partition coefficient (Wildman–Crippen LogP) is 5.90. The molecule has 4 heterocycles. The molecule has 1 aliphatic heterocycles. The highest BCUT2D eigenvalue weighted by Crippen LogP contribution is 2.35. The third-order valence-corrected chi connectivity index (χ3v) is 10.2. The minimum atomic E-state index is -0.00941. The van der Waals surface area contributed by atoms with Crippen LogP contribution in [0.15, 0.2) is 60.0 Å². The van der Waals surface area contributed by atoms with Crippen LogP contribution in [-0.2, 0) is 32.9 Å². The second-order valence-corrected chi connectivity index (χ2v) is 13.3. The Kier molecular flexibility index (Phi) is 8.88. The maximum Gasteiger partial charge on any atom is 0.253 e. The smallest absolute Gasteiger partial charge is 0.253 e. The summed E-state index contributed by atoms with van der Waals surface area (Å²) >= 11 is 1.88. The van der Waals surface area contributed by atoms with Crippen LogP contribution < -0.4 is 10.9 Å². The standard InChI is InChI=1S/C35H42N6OS/c1-24-31(10-8-11-32(24)36-25(2)34-21-26-9-6-5-7-12-33(26)43-34)28-19-27(35(42)40(4)22-28)20-29-13-14-30(38-37-29)23-41-17-15-39(3)16-18-41/h8,10-11,13-14,19,21-22,36H,2,5-7,9,12,15-18,20,23H2,1,3-4H3. The van der Waals surface area contributed by atoms with Gasteiger partial charge in [0.15, 0.2) is 0 Å². The van der Waals surface area contributed by atoms with E-state index in [4.69, 9.17) is 0 Å². The van der Waals surface area contributed by atoms with Crippen LogP contribution in [0.1, 0.15) is 57.1 Å². The molecule has 224 valence electrons. The molecule has 4 aromatic rings. The fraction of sp³-hybridized carbons (Fsp3) is 0.400. The molecule has 0 atom stereocenters. The van der Waals surface area contributed by atoms with Gasteiger partial charge in [-0.1, -0.05) is 25.1 Å². The summed E-state index contributed by atoms with van der Waals surface area (Å²) in [6.45, 7) is 11.6. The Morgan fingerprint density at radius 3 is 2.53 bits per heavy atom. The third kappa shape index (κ3) is 6.82. The van der Waals surface area contributed by atoms with Crippen LogP contribution in [0, 0.1) is 6.92 Å². The third-order valence-electron chi connectivity index (χ3n) is 8.86. The van der Waals surface area contributed by atoms with Gasteiger partial charge in [0.25, 0.3) is 5.56 Å². The maximum absolute atomic E-state index is 13.2. The van der Waals surface area contributed by atoms with E-state index in [-0.39, 0.29) is 5.56 Å². The van der Waals surface area contributed by atoms with Crippen LogP contribution in [0.5, 0.6) is 0 Å². The molecule has 7 nitrogen and oxygen atoms in total. The van der Waals surface area contributed by atoms with E-state index in [2.05, 4.69) is 70.1 Å². The maximum atomic E-state index is 13.2. The molecule has 0 saturated carbocycles. The number of piperazine rings is 1. The SMILES string of the molecule is C=C(Nc1cccc(-c2cc(Cc3ccc(CN4CCN(C)CC4)nn3)c(=O)n(C)c2)c1C)c1cc2c(s1)CCCCC2. The molecule has 1 N–H and O–H groups in total. The summed E-state index contributed by atoms with van der Waals surface area (Å²) in [4.78, 5) is 20.7. The number of rotatable bonds is 8. The number of hydrogen-bond donors (Lipinski definition) is 1. The molecule has 0 unspecified atom stereocenters. The number of nitrogens with one attached hydrogen (secondary N) is 1. The van der Waals surface area contributed by atoms with Crippen LogP contribution in [0.3, 0.4) is 0 Å². The molecule has 1 aromatic carbocycles. The Morgan fingerprint density at radius 2 is 1.74 bits per heavy atom. The summed E-state index contributed by atoms with van der Waals surface area (Å²) in [6, 6.07) is 14.7. The van der Waals surface area contributed by atoms with E-state index in [1.165, 1.54) is 47.4 Å². The van der Waals surface area contributed by atoms with Gasteiger partial charge in [0.2, 0.25) is 0 Å². The summed E-state index contributed by atoms with van der Waals surface area (Å²) in [7, 11) is 3.98. The van der Waals surface area contributed by atoms with Gasteiger partial charge in [-0.05, 0) is 92.2 Å². The van der Waals surface area contributed by atoms with Gasteiger partial charge in [0, 0.05) is 74.2 Å². The molecule has 1 saturated heterocycles. The molecule has 6 rings (SSSR count). The molecule has 8 heteroatoms. The van der Waals surface area contributed by atoms with E-state index < -0.39 is 0 Å². The van der Waals surface area contributed by atoms with Crippen molar-refractivity contribution in [1.82, 2.24) is 24.6 Å². The van der Waals surface area contributed by atoms with E-state index in [1.807, 2.05) is 42.8 Å². The zero-order chi connectivity index (χ0) is 29.9. The second-order valence-electron chi connectivity index (χ2n) is 12.1. The lowest BCUT2D eigenvalue weighted by molar-refractivity contribution is 0.146. The van der Waals surface area contributed by atoms with E-state index in [0.717, 1.165) is 72.2 Å². The Balaban J connectivity index is 1.19. The Morgan fingerprint density at radius 1 is 0.977 bits per heavy atom. The van der Waals surface area contributed by atoms with Gasteiger partial charge in [-0.3, -0.25) is 9.69 Å². The lowest BCUT2D eigenvalue weighted by Crippen LogP contribution is -2.44. The van der Waals surface area contributed by atoms with E-state index in [9.17, 15) is 4.79 Å². The Hall–Kier alpha value is -3.59. The summed E-state index contributed by atoms with van der Waals surface area (Å²) in [5.74, 6) is 0. The van der Waals surface area contributed by atoms with Crippen LogP contribution >= 0.6 is 11.3 Å². The molecule has 1 fully saturated rings. The number of likely N-dealkylation sites (N-methyl/N-ethyl adjacent to an activating group) is 1.